The molecule has 32 heavy (non-hydrogen) atoms. The highest BCUT2D eigenvalue weighted by molar-refractivity contribution is 5.73. The fraction of sp³-hybridized carbons (Fsp3) is 0.880. The molecule has 0 amide bonds. The lowest BCUT2D eigenvalue weighted by Gasteiger charge is -2.46. The van der Waals surface area contributed by atoms with Gasteiger partial charge in [-0.15, -0.1) is 0 Å². The number of carbonyl (C=O) groups is 1. The summed E-state index contributed by atoms with van der Waals surface area (Å²) in [6, 6.07) is 0. The van der Waals surface area contributed by atoms with E-state index in [0.717, 1.165) is 25.7 Å². The fourth-order valence-corrected chi connectivity index (χ4v) is 6.07. The molecule has 7 nitrogen and oxygen atoms in total. The number of ether oxygens (including phenoxy) is 3. The first-order valence-electron chi connectivity index (χ1n) is 12.0. The van der Waals surface area contributed by atoms with Gasteiger partial charge in [-0.3, -0.25) is 4.79 Å². The van der Waals surface area contributed by atoms with Crippen molar-refractivity contribution in [3.8, 4) is 0 Å². The average molecular weight is 453 g/mol. The number of allylic oxidation sites excluding steroid dienone is 1. The summed E-state index contributed by atoms with van der Waals surface area (Å²) < 4.78 is 17.6. The van der Waals surface area contributed by atoms with Gasteiger partial charge in [-0.25, -0.2) is 0 Å². The van der Waals surface area contributed by atoms with Gasteiger partial charge in [0.25, 0.3) is 0 Å². The summed E-state index contributed by atoms with van der Waals surface area (Å²) in [6.45, 7) is 17.3. The predicted octanol–water partition coefficient (Wildman–Crippen LogP) is 3.40. The highest BCUT2D eigenvalue weighted by Gasteiger charge is 2.41. The van der Waals surface area contributed by atoms with E-state index in [1.165, 1.54) is 0 Å². The predicted molar refractivity (Wildman–Crippen MR) is 124 cm³/mol. The van der Waals surface area contributed by atoms with Gasteiger partial charge in [-0.2, -0.15) is 0 Å². The highest BCUT2D eigenvalue weighted by atomic mass is 16.6. The second-order valence-corrected chi connectivity index (χ2v) is 12.6. The molecule has 0 bridgehead atoms. The Morgan fingerprint density at radius 2 is 1.41 bits per heavy atom. The van der Waals surface area contributed by atoms with Crippen LogP contribution in [0.2, 0.25) is 0 Å². The van der Waals surface area contributed by atoms with Crippen molar-refractivity contribution < 1.29 is 24.1 Å². The van der Waals surface area contributed by atoms with Crippen LogP contribution in [0.25, 0.3) is 0 Å². The average Bonchev–Trinajstić information content (AvgIpc) is 2.56. The Morgan fingerprint density at radius 3 is 1.84 bits per heavy atom. The van der Waals surface area contributed by atoms with Gasteiger partial charge in [-0.1, -0.05) is 0 Å². The van der Waals surface area contributed by atoms with E-state index in [0.29, 0.717) is 12.2 Å². The van der Waals surface area contributed by atoms with Crippen molar-refractivity contribution in [3.63, 3.8) is 0 Å². The van der Waals surface area contributed by atoms with E-state index >= 15 is 0 Å². The molecule has 3 aliphatic heterocycles. The minimum Gasteiger partial charge on any atom is -0.492 e. The van der Waals surface area contributed by atoms with Gasteiger partial charge in [0, 0.05) is 35.0 Å². The van der Waals surface area contributed by atoms with Gasteiger partial charge in [-0.05, 0) is 80.7 Å². The van der Waals surface area contributed by atoms with Crippen molar-refractivity contribution in [3.05, 3.63) is 11.8 Å². The first-order chi connectivity index (χ1) is 14.5. The first-order valence-corrected chi connectivity index (χ1v) is 12.0. The lowest BCUT2D eigenvalue weighted by molar-refractivity contribution is -0.169. The third-order valence-electron chi connectivity index (χ3n) is 6.54. The molecule has 0 spiro atoms. The molecule has 0 aliphatic carbocycles. The number of aliphatic hydroxyl groups excluding tert-OH is 1. The molecular weight excluding hydrogens is 408 g/mol. The van der Waals surface area contributed by atoms with E-state index in [2.05, 4.69) is 66.0 Å². The Hall–Kier alpha value is -1.15. The molecule has 0 saturated carbocycles. The third kappa shape index (κ3) is 6.92. The van der Waals surface area contributed by atoms with Gasteiger partial charge in [0.2, 0.25) is 6.29 Å². The Morgan fingerprint density at radius 1 is 0.938 bits per heavy atom. The van der Waals surface area contributed by atoms with Gasteiger partial charge >= 0.3 is 5.97 Å². The van der Waals surface area contributed by atoms with E-state index in [9.17, 15) is 9.90 Å². The summed E-state index contributed by atoms with van der Waals surface area (Å²) in [5.74, 6) is -0.188. The Kier molecular flexibility index (Phi) is 7.08. The molecule has 3 N–H and O–H groups in total. The van der Waals surface area contributed by atoms with Gasteiger partial charge in [0.1, 0.15) is 18.5 Å². The molecule has 184 valence electrons. The van der Waals surface area contributed by atoms with Crippen molar-refractivity contribution in [1.29, 1.82) is 0 Å². The highest BCUT2D eigenvalue weighted by Crippen LogP contribution is 2.33. The molecule has 2 saturated heterocycles. The van der Waals surface area contributed by atoms with Crippen LogP contribution < -0.4 is 10.6 Å². The van der Waals surface area contributed by atoms with Crippen molar-refractivity contribution >= 4 is 5.97 Å². The lowest BCUT2D eigenvalue weighted by Crippen LogP contribution is -2.60. The van der Waals surface area contributed by atoms with Crippen LogP contribution in [0, 0.1) is 5.92 Å². The summed E-state index contributed by atoms with van der Waals surface area (Å²) in [7, 11) is 0. The van der Waals surface area contributed by atoms with Crippen LogP contribution in [-0.4, -0.2) is 58.3 Å². The second kappa shape index (κ2) is 8.90. The van der Waals surface area contributed by atoms with Crippen LogP contribution in [0.5, 0.6) is 0 Å². The second-order valence-electron chi connectivity index (χ2n) is 12.6. The quantitative estimate of drug-likeness (QED) is 0.435. The normalized spacial score (nSPS) is 30.7. The number of aliphatic hydroxyl groups is 1. The van der Waals surface area contributed by atoms with E-state index in [-0.39, 0.29) is 52.9 Å². The molecule has 2 fully saturated rings. The van der Waals surface area contributed by atoms with Crippen molar-refractivity contribution in [2.75, 3.05) is 6.61 Å². The molecule has 3 heterocycles. The molecule has 2 unspecified atom stereocenters. The molecule has 2 atom stereocenters. The van der Waals surface area contributed by atoms with E-state index in [4.69, 9.17) is 14.2 Å². The molecular formula is C25H44N2O5. The molecule has 0 aromatic heterocycles. The molecule has 0 radical (unpaired) electrons. The first kappa shape index (κ1) is 25.5. The topological polar surface area (TPSA) is 89.1 Å². The van der Waals surface area contributed by atoms with Crippen LogP contribution in [0.15, 0.2) is 11.8 Å². The fourth-order valence-electron chi connectivity index (χ4n) is 6.07. The largest absolute Gasteiger partial charge is 0.492 e. The van der Waals surface area contributed by atoms with Crippen molar-refractivity contribution in [2.45, 2.75) is 128 Å². The lowest BCUT2D eigenvalue weighted by atomic mass is 9.81. The maximum absolute atomic E-state index is 12.8. The maximum atomic E-state index is 12.8. The van der Waals surface area contributed by atoms with Crippen LogP contribution >= 0.6 is 0 Å². The van der Waals surface area contributed by atoms with Gasteiger partial charge in [0.15, 0.2) is 0 Å². The molecule has 0 aromatic carbocycles. The zero-order valence-electron chi connectivity index (χ0n) is 21.2. The van der Waals surface area contributed by atoms with Crippen molar-refractivity contribution in [2.24, 2.45) is 5.92 Å². The summed E-state index contributed by atoms with van der Waals surface area (Å²) >= 11 is 0. The molecule has 7 heteroatoms. The number of nitrogens with one attached hydrogen (secondary N) is 2. The minimum atomic E-state index is -1.12. The van der Waals surface area contributed by atoms with Crippen molar-refractivity contribution in [1.82, 2.24) is 10.6 Å². The number of esters is 1. The Bertz CT molecular complexity index is 696. The van der Waals surface area contributed by atoms with E-state index < -0.39 is 6.29 Å². The van der Waals surface area contributed by atoms with E-state index in [1.54, 1.807) is 6.08 Å². The number of rotatable bonds is 5. The number of carbonyl (C=O) groups excluding carboxylic acids is 1. The Labute approximate surface area is 193 Å². The summed E-state index contributed by atoms with van der Waals surface area (Å²) in [6.07, 6.45) is 4.13. The molecule has 3 rings (SSSR count). The van der Waals surface area contributed by atoms with Crippen LogP contribution in [-0.2, 0) is 19.0 Å². The molecule has 0 aromatic rings. The number of hydrogen-bond donors (Lipinski definition) is 3. The zero-order valence-corrected chi connectivity index (χ0v) is 21.2. The summed E-state index contributed by atoms with van der Waals surface area (Å²) in [5, 5.41) is 17.8. The number of hydrogen-bond acceptors (Lipinski definition) is 7. The van der Waals surface area contributed by atoms with Crippen LogP contribution in [0.4, 0.5) is 0 Å². The van der Waals surface area contributed by atoms with Gasteiger partial charge in [0.05, 0.1) is 12.0 Å². The minimum absolute atomic E-state index is 0.0689. The maximum Gasteiger partial charge on any atom is 0.313 e. The molecule has 3 aliphatic rings. The van der Waals surface area contributed by atoms with Crippen LogP contribution in [0.3, 0.4) is 0 Å². The Balaban J connectivity index is 1.52. The smallest absolute Gasteiger partial charge is 0.313 e. The third-order valence-corrected chi connectivity index (χ3v) is 6.54. The van der Waals surface area contributed by atoms with E-state index in [1.807, 2.05) is 0 Å². The van der Waals surface area contributed by atoms with Gasteiger partial charge < -0.3 is 30.0 Å². The number of piperidine rings is 2. The SMILES string of the molecule is CC1(C)CC(OC(=O)C2CC=C(C(O)OC3CC(C)(C)NC(C)(C)C3)OC2)CC(C)(C)N1. The summed E-state index contributed by atoms with van der Waals surface area (Å²) in [5.41, 5.74) is -0.300. The summed E-state index contributed by atoms with van der Waals surface area (Å²) in [4.78, 5) is 12.8. The standard InChI is InChI=1S/C25H44N2O5/c1-22(2)11-17(12-23(3,4)26-22)31-20(28)16-9-10-19(30-15-16)21(29)32-18-13-24(5,6)27-25(7,8)14-18/h10,16-18,21,26-27,29H,9,11-15H2,1-8H3. The van der Waals surface area contributed by atoms with Crippen LogP contribution in [0.1, 0.15) is 87.5 Å². The monoisotopic (exact) mass is 452 g/mol. The zero-order chi connectivity index (χ0) is 23.9.